The molecule has 0 spiro atoms. The van der Waals surface area contributed by atoms with Crippen LogP contribution in [0.1, 0.15) is 19.4 Å². The molecular formula is C14H23NO3. The van der Waals surface area contributed by atoms with E-state index in [1.807, 2.05) is 6.07 Å². The topological polar surface area (TPSA) is 50.7 Å². The maximum absolute atomic E-state index is 9.79. The molecule has 0 aliphatic carbocycles. The van der Waals surface area contributed by atoms with Gasteiger partial charge in [0.15, 0.2) is 0 Å². The van der Waals surface area contributed by atoms with Gasteiger partial charge in [-0.1, -0.05) is 13.8 Å². The highest BCUT2D eigenvalue weighted by molar-refractivity contribution is 5.39. The van der Waals surface area contributed by atoms with Crippen LogP contribution in [0.2, 0.25) is 0 Å². The van der Waals surface area contributed by atoms with Crippen LogP contribution in [0.15, 0.2) is 18.2 Å². The number of benzene rings is 1. The number of nitrogens with one attached hydrogen (secondary N) is 1. The second-order valence-corrected chi connectivity index (χ2v) is 4.68. The minimum Gasteiger partial charge on any atom is -0.508 e. The molecule has 102 valence electrons. The number of ether oxygens (including phenoxy) is 2. The lowest BCUT2D eigenvalue weighted by molar-refractivity contribution is 0.146. The molecule has 0 heterocycles. The molecule has 4 heteroatoms. The minimum absolute atomic E-state index is 0.264. The van der Waals surface area contributed by atoms with E-state index in [1.54, 1.807) is 26.4 Å². The zero-order valence-corrected chi connectivity index (χ0v) is 11.6. The van der Waals surface area contributed by atoms with Gasteiger partial charge in [0.2, 0.25) is 0 Å². The van der Waals surface area contributed by atoms with Crippen LogP contribution in [0.5, 0.6) is 11.5 Å². The Morgan fingerprint density at radius 3 is 2.56 bits per heavy atom. The van der Waals surface area contributed by atoms with E-state index < -0.39 is 0 Å². The largest absolute Gasteiger partial charge is 0.508 e. The first-order valence-corrected chi connectivity index (χ1v) is 6.16. The molecule has 0 fully saturated rings. The fourth-order valence-electron chi connectivity index (χ4n) is 1.74. The van der Waals surface area contributed by atoms with Gasteiger partial charge in [0.1, 0.15) is 11.5 Å². The van der Waals surface area contributed by atoms with E-state index in [2.05, 4.69) is 19.2 Å². The SMILES string of the molecule is COCC(NCc1cc(OC)ccc1O)C(C)C. The van der Waals surface area contributed by atoms with Gasteiger partial charge in [-0.3, -0.25) is 0 Å². The number of hydrogen-bond acceptors (Lipinski definition) is 4. The summed E-state index contributed by atoms with van der Waals surface area (Å²) in [6.45, 7) is 5.53. The number of rotatable bonds is 7. The van der Waals surface area contributed by atoms with Crippen LogP contribution in [-0.4, -0.2) is 32.0 Å². The van der Waals surface area contributed by atoms with E-state index in [0.717, 1.165) is 11.3 Å². The standard InChI is InChI=1S/C14H23NO3/c1-10(2)13(9-17-3)15-8-11-7-12(18-4)5-6-14(11)16/h5-7,10,13,15-16H,8-9H2,1-4H3. The van der Waals surface area contributed by atoms with Crippen molar-refractivity contribution in [3.63, 3.8) is 0 Å². The summed E-state index contributed by atoms with van der Waals surface area (Å²) in [6.07, 6.45) is 0. The van der Waals surface area contributed by atoms with Gasteiger partial charge in [-0.25, -0.2) is 0 Å². The predicted molar refractivity (Wildman–Crippen MR) is 72.0 cm³/mol. The fraction of sp³-hybridized carbons (Fsp3) is 0.571. The Bertz CT molecular complexity index is 366. The van der Waals surface area contributed by atoms with Crippen molar-refractivity contribution in [2.75, 3.05) is 20.8 Å². The molecule has 0 radical (unpaired) electrons. The van der Waals surface area contributed by atoms with E-state index >= 15 is 0 Å². The van der Waals surface area contributed by atoms with Crippen LogP contribution in [0.4, 0.5) is 0 Å². The van der Waals surface area contributed by atoms with Crippen molar-refractivity contribution in [1.82, 2.24) is 5.32 Å². The highest BCUT2D eigenvalue weighted by Gasteiger charge is 2.13. The molecule has 0 bridgehead atoms. The van der Waals surface area contributed by atoms with Crippen molar-refractivity contribution in [3.05, 3.63) is 23.8 Å². The second kappa shape index (κ2) is 7.24. The molecule has 1 aromatic carbocycles. The monoisotopic (exact) mass is 253 g/mol. The van der Waals surface area contributed by atoms with Gasteiger partial charge in [-0.05, 0) is 24.1 Å². The normalized spacial score (nSPS) is 12.7. The molecule has 1 aromatic rings. The highest BCUT2D eigenvalue weighted by Crippen LogP contribution is 2.22. The van der Waals surface area contributed by atoms with Crippen LogP contribution < -0.4 is 10.1 Å². The number of phenolic OH excluding ortho intramolecular Hbond substituents is 1. The molecule has 0 aliphatic rings. The quantitative estimate of drug-likeness (QED) is 0.782. The van der Waals surface area contributed by atoms with E-state index in [0.29, 0.717) is 19.1 Å². The Morgan fingerprint density at radius 1 is 1.28 bits per heavy atom. The van der Waals surface area contributed by atoms with Crippen molar-refractivity contribution < 1.29 is 14.6 Å². The van der Waals surface area contributed by atoms with Crippen LogP contribution in [0, 0.1) is 5.92 Å². The molecule has 18 heavy (non-hydrogen) atoms. The third-order valence-corrected chi connectivity index (χ3v) is 2.99. The first kappa shape index (κ1) is 14.8. The molecule has 0 amide bonds. The Hall–Kier alpha value is -1.26. The lowest BCUT2D eigenvalue weighted by atomic mass is 10.0. The van der Waals surface area contributed by atoms with Gasteiger partial charge in [-0.2, -0.15) is 0 Å². The van der Waals surface area contributed by atoms with E-state index in [4.69, 9.17) is 9.47 Å². The van der Waals surface area contributed by atoms with Gasteiger partial charge in [-0.15, -0.1) is 0 Å². The number of hydrogen-bond donors (Lipinski definition) is 2. The Labute approximate surface area is 109 Å². The summed E-state index contributed by atoms with van der Waals surface area (Å²) in [7, 11) is 3.31. The van der Waals surface area contributed by atoms with Crippen molar-refractivity contribution in [1.29, 1.82) is 0 Å². The minimum atomic E-state index is 0.264. The molecule has 1 unspecified atom stereocenters. The average Bonchev–Trinajstić information content (AvgIpc) is 2.35. The van der Waals surface area contributed by atoms with E-state index in [1.165, 1.54) is 0 Å². The summed E-state index contributed by atoms with van der Waals surface area (Å²) in [5, 5.41) is 13.2. The highest BCUT2D eigenvalue weighted by atomic mass is 16.5. The van der Waals surface area contributed by atoms with Gasteiger partial charge in [0.05, 0.1) is 13.7 Å². The lowest BCUT2D eigenvalue weighted by Gasteiger charge is -2.22. The zero-order valence-electron chi connectivity index (χ0n) is 11.6. The molecular weight excluding hydrogens is 230 g/mol. The molecule has 4 nitrogen and oxygen atoms in total. The second-order valence-electron chi connectivity index (χ2n) is 4.68. The van der Waals surface area contributed by atoms with E-state index in [9.17, 15) is 5.11 Å². The van der Waals surface area contributed by atoms with Gasteiger partial charge >= 0.3 is 0 Å². The molecule has 0 aliphatic heterocycles. The average molecular weight is 253 g/mol. The maximum atomic E-state index is 9.79. The molecule has 0 aromatic heterocycles. The molecule has 1 rings (SSSR count). The third-order valence-electron chi connectivity index (χ3n) is 2.99. The van der Waals surface area contributed by atoms with Crippen molar-refractivity contribution >= 4 is 0 Å². The summed E-state index contributed by atoms with van der Waals surface area (Å²) in [5.74, 6) is 1.50. The smallest absolute Gasteiger partial charge is 0.120 e. The summed E-state index contributed by atoms with van der Waals surface area (Å²) in [5.41, 5.74) is 0.830. The predicted octanol–water partition coefficient (Wildman–Crippen LogP) is 2.16. The van der Waals surface area contributed by atoms with Gasteiger partial charge < -0.3 is 19.9 Å². The van der Waals surface area contributed by atoms with Crippen molar-refractivity contribution in [2.24, 2.45) is 5.92 Å². The summed E-state index contributed by atoms with van der Waals surface area (Å²) in [6, 6.07) is 5.50. The molecule has 1 atom stereocenters. The molecule has 2 N–H and O–H groups in total. The fourth-order valence-corrected chi connectivity index (χ4v) is 1.74. The number of methoxy groups -OCH3 is 2. The van der Waals surface area contributed by atoms with Gasteiger partial charge in [0, 0.05) is 25.3 Å². The number of aromatic hydroxyl groups is 1. The molecule has 0 saturated heterocycles. The summed E-state index contributed by atoms with van der Waals surface area (Å²) < 4.78 is 10.3. The molecule has 0 saturated carbocycles. The van der Waals surface area contributed by atoms with Crippen LogP contribution >= 0.6 is 0 Å². The summed E-state index contributed by atoms with van der Waals surface area (Å²) >= 11 is 0. The Balaban J connectivity index is 2.66. The lowest BCUT2D eigenvalue weighted by Crippen LogP contribution is -2.37. The Morgan fingerprint density at radius 2 is 2.00 bits per heavy atom. The Kier molecular flexibility index (Phi) is 5.95. The van der Waals surface area contributed by atoms with Crippen molar-refractivity contribution in [2.45, 2.75) is 26.4 Å². The summed E-state index contributed by atoms with van der Waals surface area (Å²) in [4.78, 5) is 0. The first-order chi connectivity index (χ1) is 8.58. The van der Waals surface area contributed by atoms with E-state index in [-0.39, 0.29) is 11.8 Å². The van der Waals surface area contributed by atoms with Gasteiger partial charge in [0.25, 0.3) is 0 Å². The first-order valence-electron chi connectivity index (χ1n) is 6.16. The van der Waals surface area contributed by atoms with Crippen molar-refractivity contribution in [3.8, 4) is 11.5 Å². The zero-order chi connectivity index (χ0) is 13.5. The van der Waals surface area contributed by atoms with Crippen LogP contribution in [0.25, 0.3) is 0 Å². The third kappa shape index (κ3) is 4.20. The van der Waals surface area contributed by atoms with Crippen LogP contribution in [-0.2, 0) is 11.3 Å². The number of phenols is 1. The van der Waals surface area contributed by atoms with Crippen LogP contribution in [0.3, 0.4) is 0 Å². The maximum Gasteiger partial charge on any atom is 0.120 e.